The minimum Gasteiger partial charge on any atom is -0.492 e. The van der Waals surface area contributed by atoms with Crippen molar-refractivity contribution in [2.24, 2.45) is 0 Å². The normalized spacial score (nSPS) is 11.1. The van der Waals surface area contributed by atoms with E-state index in [2.05, 4.69) is 34.1 Å². The largest absolute Gasteiger partial charge is 0.492 e. The first-order valence-electron chi connectivity index (χ1n) is 10.9. The van der Waals surface area contributed by atoms with E-state index >= 15 is 0 Å². The van der Waals surface area contributed by atoms with Crippen molar-refractivity contribution in [3.8, 4) is 16.9 Å². The molecule has 1 heterocycles. The third-order valence-corrected chi connectivity index (χ3v) is 5.81. The van der Waals surface area contributed by atoms with Crippen LogP contribution >= 0.6 is 11.6 Å². The van der Waals surface area contributed by atoms with Gasteiger partial charge in [0, 0.05) is 29.7 Å². The van der Waals surface area contributed by atoms with Gasteiger partial charge in [0.15, 0.2) is 0 Å². The lowest BCUT2D eigenvalue weighted by Gasteiger charge is -2.22. The summed E-state index contributed by atoms with van der Waals surface area (Å²) in [7, 11) is 5.97. The lowest BCUT2D eigenvalue weighted by atomic mass is 10.0. The Morgan fingerprint density at radius 3 is 2.47 bits per heavy atom. The molecule has 0 atom stereocenters. The van der Waals surface area contributed by atoms with Gasteiger partial charge in [-0.05, 0) is 67.7 Å². The predicted molar refractivity (Wildman–Crippen MR) is 139 cm³/mol. The first-order chi connectivity index (χ1) is 16.4. The molecule has 0 aliphatic heterocycles. The van der Waals surface area contributed by atoms with Crippen LogP contribution in [0.25, 0.3) is 22.0 Å². The van der Waals surface area contributed by atoms with Gasteiger partial charge in [-0.3, -0.25) is 15.4 Å². The number of nitrogens with zero attached hydrogens (tertiary/aromatic N) is 4. The summed E-state index contributed by atoms with van der Waals surface area (Å²) in [6, 6.07) is 21.7. The third kappa shape index (κ3) is 4.95. The fourth-order valence-corrected chi connectivity index (χ4v) is 3.88. The summed E-state index contributed by atoms with van der Waals surface area (Å²) >= 11 is 6.20. The number of rotatable bonds is 8. The van der Waals surface area contributed by atoms with Gasteiger partial charge < -0.3 is 14.5 Å². The fourth-order valence-electron chi connectivity index (χ4n) is 3.71. The number of fused-ring (bicyclic) bond motifs is 1. The molecule has 0 fully saturated rings. The monoisotopic (exact) mass is 474 g/mol. The van der Waals surface area contributed by atoms with Crippen LogP contribution in [0, 0.1) is 10.8 Å². The Labute approximate surface area is 203 Å². The molecule has 0 unspecified atom stereocenters. The van der Waals surface area contributed by atoms with Crippen molar-refractivity contribution < 1.29 is 4.74 Å². The number of hydrogen-bond acceptors (Lipinski definition) is 6. The molecule has 174 valence electrons. The molecular weight excluding hydrogens is 448 g/mol. The summed E-state index contributed by atoms with van der Waals surface area (Å²) < 4.78 is 7.20. The van der Waals surface area contributed by atoms with E-state index in [1.807, 2.05) is 56.4 Å². The molecule has 0 saturated heterocycles. The second-order valence-corrected chi connectivity index (χ2v) is 8.64. The lowest BCUT2D eigenvalue weighted by Crippen LogP contribution is -2.26. The molecule has 0 radical (unpaired) electrons. The highest BCUT2D eigenvalue weighted by Crippen LogP contribution is 2.32. The van der Waals surface area contributed by atoms with E-state index in [-0.39, 0.29) is 5.62 Å². The summed E-state index contributed by atoms with van der Waals surface area (Å²) in [5.41, 5.74) is 3.70. The molecule has 0 bridgehead atoms. The number of likely N-dealkylation sites (N-methyl/N-ethyl adjacent to an activating group) is 1. The maximum absolute atomic E-state index is 8.30. The highest BCUT2D eigenvalue weighted by Gasteiger charge is 2.14. The van der Waals surface area contributed by atoms with Gasteiger partial charge in [-0.1, -0.05) is 35.9 Å². The maximum atomic E-state index is 8.30. The Morgan fingerprint density at radius 2 is 1.76 bits per heavy atom. The van der Waals surface area contributed by atoms with Crippen molar-refractivity contribution in [1.82, 2.24) is 14.5 Å². The molecule has 8 heteroatoms. The summed E-state index contributed by atoms with van der Waals surface area (Å²) in [4.78, 5) is 8.51. The molecule has 2 N–H and O–H groups in total. The number of anilines is 2. The van der Waals surface area contributed by atoms with Crippen molar-refractivity contribution >= 4 is 40.3 Å². The van der Waals surface area contributed by atoms with E-state index in [1.165, 1.54) is 4.57 Å². The molecule has 34 heavy (non-hydrogen) atoms. The zero-order valence-electron chi connectivity index (χ0n) is 19.4. The van der Waals surface area contributed by atoms with Gasteiger partial charge in [-0.25, -0.2) is 0 Å². The van der Waals surface area contributed by atoms with Crippen LogP contribution in [0.15, 0.2) is 66.7 Å². The maximum Gasteiger partial charge on any atom is 0.229 e. The van der Waals surface area contributed by atoms with Gasteiger partial charge in [0.1, 0.15) is 18.2 Å². The van der Waals surface area contributed by atoms with Crippen LogP contribution in [-0.2, 0) is 0 Å². The van der Waals surface area contributed by atoms with Crippen LogP contribution in [0.1, 0.15) is 0 Å². The summed E-state index contributed by atoms with van der Waals surface area (Å²) in [5, 5.41) is 17.3. The Morgan fingerprint density at radius 1 is 1.00 bits per heavy atom. The zero-order valence-corrected chi connectivity index (χ0v) is 20.2. The van der Waals surface area contributed by atoms with Gasteiger partial charge >= 0.3 is 0 Å². The summed E-state index contributed by atoms with van der Waals surface area (Å²) in [6.45, 7) is 1.51. The van der Waals surface area contributed by atoms with Crippen LogP contribution in [0.2, 0.25) is 5.02 Å². The highest BCUT2D eigenvalue weighted by atomic mass is 35.5. The van der Waals surface area contributed by atoms with Gasteiger partial charge in [0.05, 0.1) is 11.9 Å². The molecule has 0 spiro atoms. The summed E-state index contributed by atoms with van der Waals surface area (Å²) in [6.07, 6.45) is 1.08. The molecule has 7 nitrogen and oxygen atoms in total. The molecule has 3 aromatic carbocycles. The van der Waals surface area contributed by atoms with Crippen LogP contribution in [0.4, 0.5) is 11.5 Å². The second-order valence-electron chi connectivity index (χ2n) is 8.21. The quantitative estimate of drug-likeness (QED) is 0.278. The number of nitrogens with one attached hydrogen (secondary N) is 2. The third-order valence-electron chi connectivity index (χ3n) is 5.58. The van der Waals surface area contributed by atoms with E-state index in [0.29, 0.717) is 23.0 Å². The topological polar surface area (TPSA) is 81.2 Å². The average Bonchev–Trinajstić information content (AvgIpc) is 2.83. The zero-order chi connectivity index (χ0) is 24.2. The lowest BCUT2D eigenvalue weighted by molar-refractivity contribution is 0.261. The minimum absolute atomic E-state index is 0.0346. The van der Waals surface area contributed by atoms with Crippen molar-refractivity contribution in [3.05, 3.63) is 77.4 Å². The smallest absolute Gasteiger partial charge is 0.229 e. The summed E-state index contributed by atoms with van der Waals surface area (Å²) in [5.74, 6) is 1.47. The highest BCUT2D eigenvalue weighted by molar-refractivity contribution is 6.31. The Kier molecular flexibility index (Phi) is 6.95. The number of benzene rings is 3. The van der Waals surface area contributed by atoms with Crippen molar-refractivity contribution in [2.45, 2.75) is 0 Å². The van der Waals surface area contributed by atoms with Gasteiger partial charge in [0.25, 0.3) is 0 Å². The number of aromatic nitrogens is 2. The average molecular weight is 475 g/mol. The molecule has 0 aliphatic rings. The van der Waals surface area contributed by atoms with Crippen molar-refractivity contribution in [3.63, 3.8) is 0 Å². The molecule has 4 rings (SSSR count). The Hall–Kier alpha value is -3.68. The van der Waals surface area contributed by atoms with Crippen molar-refractivity contribution in [1.29, 1.82) is 10.8 Å². The van der Waals surface area contributed by atoms with Gasteiger partial charge in [-0.2, -0.15) is 4.98 Å². The number of halogens is 1. The number of hydrogen-bond donors (Lipinski definition) is 2. The van der Waals surface area contributed by atoms with Crippen LogP contribution in [0.5, 0.6) is 5.75 Å². The molecule has 0 amide bonds. The molecule has 4 aromatic rings. The number of ether oxygens (including phenoxy) is 1. The SMILES string of the molecule is CN(C)CCOc1ccc(-c2cccc(N(C)c3nc(=N)n(C=N)c4cc(Cl)ccc34)c2)cc1. The predicted octanol–water partition coefficient (Wildman–Crippen LogP) is 5.00. The van der Waals surface area contributed by atoms with Crippen LogP contribution in [0.3, 0.4) is 0 Å². The molecule has 0 saturated carbocycles. The Bertz CT molecular complexity index is 1380. The second kappa shape index (κ2) is 10.1. The first-order valence-corrected chi connectivity index (χ1v) is 11.2. The van der Waals surface area contributed by atoms with Crippen LogP contribution in [-0.4, -0.2) is 55.1 Å². The van der Waals surface area contributed by atoms with Gasteiger partial charge in [-0.15, -0.1) is 0 Å². The van der Waals surface area contributed by atoms with E-state index in [9.17, 15) is 0 Å². The first kappa shape index (κ1) is 23.5. The minimum atomic E-state index is -0.0346. The Balaban J connectivity index is 1.65. The van der Waals surface area contributed by atoms with Crippen LogP contribution < -0.4 is 15.3 Å². The molecular formula is C26H27ClN6O. The van der Waals surface area contributed by atoms with E-state index < -0.39 is 0 Å². The van der Waals surface area contributed by atoms with Gasteiger partial charge in [0.2, 0.25) is 5.62 Å². The standard InChI is InChI=1S/C26H27ClN6O/c1-31(2)13-14-34-22-10-7-18(8-11-22)19-5-4-6-21(15-19)32(3)25-23-12-9-20(27)16-24(23)33(17-28)26(29)30-25/h4-12,15-17,28-29H,13-14H2,1-3H3. The molecule has 0 aliphatic carbocycles. The van der Waals surface area contributed by atoms with E-state index in [0.717, 1.165) is 40.8 Å². The molecule has 1 aromatic heterocycles. The van der Waals surface area contributed by atoms with E-state index in [4.69, 9.17) is 27.2 Å². The van der Waals surface area contributed by atoms with Crippen molar-refractivity contribution in [2.75, 3.05) is 39.2 Å². The fraction of sp³-hybridized carbons (Fsp3) is 0.192. The van der Waals surface area contributed by atoms with E-state index in [1.54, 1.807) is 12.1 Å².